The molecule has 1 atom stereocenters. The molecule has 10 heteroatoms. The molecule has 4 aromatic rings. The van der Waals surface area contributed by atoms with Gasteiger partial charge in [0.15, 0.2) is 29.3 Å². The number of hydrogen-bond donors (Lipinski definition) is 2. The lowest BCUT2D eigenvalue weighted by Gasteiger charge is -2.25. The minimum Gasteiger partial charge on any atom is -0.493 e. The second-order valence-corrected chi connectivity index (χ2v) is 10.7. The molecule has 0 amide bonds. The summed E-state index contributed by atoms with van der Waals surface area (Å²) in [6, 6.07) is 15.5. The molecular formula is C34H39ClN2O7. The third-order valence-electron chi connectivity index (χ3n) is 7.91. The van der Waals surface area contributed by atoms with Crippen molar-refractivity contribution in [2.75, 3.05) is 42.2 Å². The normalized spacial score (nSPS) is 12.7. The molecule has 234 valence electrons. The molecule has 1 aromatic heterocycles. The maximum Gasteiger partial charge on any atom is 0.203 e. The Balaban J connectivity index is 1.66. The third-order valence-corrected chi connectivity index (χ3v) is 8.14. The average Bonchev–Trinajstić information content (AvgIpc) is 3.38. The number of nitrogens with zero attached hydrogens (tertiary/aromatic N) is 1. The van der Waals surface area contributed by atoms with Crippen LogP contribution in [0.3, 0.4) is 0 Å². The van der Waals surface area contributed by atoms with Crippen molar-refractivity contribution in [2.45, 2.75) is 39.3 Å². The van der Waals surface area contributed by atoms with E-state index in [9.17, 15) is 5.11 Å². The van der Waals surface area contributed by atoms with Gasteiger partial charge >= 0.3 is 0 Å². The highest BCUT2D eigenvalue weighted by atomic mass is 35.5. The number of halogens is 1. The largest absolute Gasteiger partial charge is 0.493 e. The highest BCUT2D eigenvalue weighted by Crippen LogP contribution is 2.48. The lowest BCUT2D eigenvalue weighted by Crippen LogP contribution is -2.20. The van der Waals surface area contributed by atoms with Crippen LogP contribution >= 0.6 is 11.6 Å². The molecule has 2 N–H and O–H groups in total. The van der Waals surface area contributed by atoms with Gasteiger partial charge in [-0.15, -0.1) is 0 Å². The van der Waals surface area contributed by atoms with Gasteiger partial charge in [-0.05, 0) is 66.4 Å². The first-order valence-electron chi connectivity index (χ1n) is 14.4. The van der Waals surface area contributed by atoms with Gasteiger partial charge in [0.05, 0.1) is 41.2 Å². The van der Waals surface area contributed by atoms with Crippen LogP contribution in [0.25, 0.3) is 22.4 Å². The zero-order valence-electron chi connectivity index (χ0n) is 26.0. The van der Waals surface area contributed by atoms with Crippen LogP contribution in [0.2, 0.25) is 5.02 Å². The molecule has 0 fully saturated rings. The molecule has 0 bridgehead atoms. The Morgan fingerprint density at radius 3 is 2.16 bits per heavy atom. The first kappa shape index (κ1) is 31.5. The van der Waals surface area contributed by atoms with Crippen molar-refractivity contribution in [3.8, 4) is 51.1 Å². The molecule has 0 radical (unpaired) electrons. The topological polar surface area (TPSA) is 92.6 Å². The summed E-state index contributed by atoms with van der Waals surface area (Å²) in [6.07, 6.45) is -0.394. The molecule has 1 unspecified atom stereocenters. The van der Waals surface area contributed by atoms with Gasteiger partial charge < -0.3 is 43.4 Å². The summed E-state index contributed by atoms with van der Waals surface area (Å²) < 4.78 is 36.0. The van der Waals surface area contributed by atoms with Gasteiger partial charge in [0, 0.05) is 53.6 Å². The number of methoxy groups -OCH3 is 5. The van der Waals surface area contributed by atoms with Gasteiger partial charge in [-0.2, -0.15) is 0 Å². The van der Waals surface area contributed by atoms with Gasteiger partial charge in [-0.3, -0.25) is 0 Å². The predicted octanol–water partition coefficient (Wildman–Crippen LogP) is 6.39. The molecule has 44 heavy (non-hydrogen) atoms. The van der Waals surface area contributed by atoms with Crippen molar-refractivity contribution in [1.29, 1.82) is 0 Å². The summed E-state index contributed by atoms with van der Waals surface area (Å²) in [7, 11) is 8.05. The summed E-state index contributed by atoms with van der Waals surface area (Å²) in [5, 5.41) is 15.8. The Morgan fingerprint density at radius 1 is 0.864 bits per heavy atom. The van der Waals surface area contributed by atoms with E-state index in [1.807, 2.05) is 55.5 Å². The summed E-state index contributed by atoms with van der Waals surface area (Å²) >= 11 is 6.51. The summed E-state index contributed by atoms with van der Waals surface area (Å²) in [4.78, 5) is 0. The molecule has 0 aliphatic carbocycles. The number of hydrogen-bond acceptors (Lipinski definition) is 8. The molecule has 2 heterocycles. The van der Waals surface area contributed by atoms with Crippen LogP contribution in [0.4, 0.5) is 0 Å². The third kappa shape index (κ3) is 5.93. The van der Waals surface area contributed by atoms with Crippen molar-refractivity contribution >= 4 is 11.6 Å². The van der Waals surface area contributed by atoms with E-state index in [0.717, 1.165) is 45.6 Å². The number of nitrogens with one attached hydrogen (secondary N) is 1. The number of fused-ring (bicyclic) bond motifs is 3. The zero-order chi connectivity index (χ0) is 31.4. The Morgan fingerprint density at radius 2 is 1.55 bits per heavy atom. The Kier molecular flexibility index (Phi) is 9.90. The van der Waals surface area contributed by atoms with E-state index >= 15 is 0 Å². The van der Waals surface area contributed by atoms with E-state index in [1.165, 1.54) is 0 Å². The second kappa shape index (κ2) is 13.8. The smallest absolute Gasteiger partial charge is 0.203 e. The van der Waals surface area contributed by atoms with Crippen LogP contribution in [-0.4, -0.2) is 51.8 Å². The molecule has 0 spiro atoms. The number of rotatable bonds is 13. The first-order chi connectivity index (χ1) is 21.4. The van der Waals surface area contributed by atoms with E-state index in [-0.39, 0.29) is 0 Å². The minimum absolute atomic E-state index is 0.342. The molecule has 1 aliphatic rings. The Hall–Kier alpha value is -3.89. The van der Waals surface area contributed by atoms with Crippen LogP contribution in [0.1, 0.15) is 35.6 Å². The van der Waals surface area contributed by atoms with Crippen molar-refractivity contribution < 1.29 is 33.5 Å². The maximum atomic E-state index is 11.5. The van der Waals surface area contributed by atoms with E-state index < -0.39 is 6.29 Å². The molecule has 9 nitrogen and oxygen atoms in total. The lowest BCUT2D eigenvalue weighted by atomic mass is 9.93. The van der Waals surface area contributed by atoms with Gasteiger partial charge in [0.1, 0.15) is 0 Å². The number of benzene rings is 3. The van der Waals surface area contributed by atoms with Gasteiger partial charge in [-0.25, -0.2) is 0 Å². The molecule has 0 saturated carbocycles. The number of aromatic nitrogens is 1. The Labute approximate surface area is 263 Å². The van der Waals surface area contributed by atoms with E-state index in [4.69, 9.17) is 40.0 Å². The van der Waals surface area contributed by atoms with Crippen molar-refractivity contribution in [2.24, 2.45) is 0 Å². The average molecular weight is 623 g/mol. The monoisotopic (exact) mass is 622 g/mol. The number of aryl methyl sites for hydroxylation is 1. The quantitative estimate of drug-likeness (QED) is 0.166. The van der Waals surface area contributed by atoms with Crippen LogP contribution in [-0.2, 0) is 30.8 Å². The number of aliphatic hydroxyl groups is 1. The number of ether oxygens (including phenoxy) is 6. The second-order valence-electron chi connectivity index (χ2n) is 10.3. The van der Waals surface area contributed by atoms with Crippen molar-refractivity contribution in [3.05, 3.63) is 75.9 Å². The maximum absolute atomic E-state index is 11.5. The van der Waals surface area contributed by atoms with E-state index in [0.29, 0.717) is 65.6 Å². The summed E-state index contributed by atoms with van der Waals surface area (Å²) in [6.45, 7) is 3.93. The minimum atomic E-state index is -1.17. The first-order valence-corrected chi connectivity index (χ1v) is 14.8. The predicted molar refractivity (Wildman–Crippen MR) is 170 cm³/mol. The number of aliphatic hydroxyl groups excluding tert-OH is 1. The van der Waals surface area contributed by atoms with Crippen LogP contribution in [0, 0.1) is 0 Å². The molecular weight excluding hydrogens is 584 g/mol. The molecule has 5 rings (SSSR count). The standard InChI is InChI=1S/C34H39ClN2O7/c1-7-44-34(38)31-30(22-9-8-10-23(35)15-22)25(19-36-18-20-13-28(41-4)33(43-6)29(14-20)42-5)37-12-11-21-16-26(39-2)27(40-3)17-24(21)32(31)37/h8-10,13-17,34,36,38H,7,11-12,18-19H2,1-6H3. The fourth-order valence-electron chi connectivity index (χ4n) is 6.00. The van der Waals surface area contributed by atoms with Crippen LogP contribution in [0.15, 0.2) is 48.5 Å². The van der Waals surface area contributed by atoms with E-state index in [1.54, 1.807) is 35.5 Å². The van der Waals surface area contributed by atoms with Crippen molar-refractivity contribution in [3.63, 3.8) is 0 Å². The Bertz CT molecular complexity index is 1610. The fourth-order valence-corrected chi connectivity index (χ4v) is 6.19. The van der Waals surface area contributed by atoms with E-state index in [2.05, 4.69) is 9.88 Å². The fraction of sp³-hybridized carbons (Fsp3) is 0.353. The van der Waals surface area contributed by atoms with Gasteiger partial charge in [0.2, 0.25) is 5.75 Å². The molecule has 1 aliphatic heterocycles. The molecule has 0 saturated heterocycles. The summed E-state index contributed by atoms with van der Waals surface area (Å²) in [5.74, 6) is 3.01. The molecule has 3 aromatic carbocycles. The lowest BCUT2D eigenvalue weighted by molar-refractivity contribution is -0.0972. The van der Waals surface area contributed by atoms with Gasteiger partial charge in [-0.1, -0.05) is 23.7 Å². The van der Waals surface area contributed by atoms with Crippen molar-refractivity contribution in [1.82, 2.24) is 9.88 Å². The zero-order valence-corrected chi connectivity index (χ0v) is 26.7. The van der Waals surface area contributed by atoms with Crippen LogP contribution < -0.4 is 29.0 Å². The summed E-state index contributed by atoms with van der Waals surface area (Å²) in [5.41, 5.74) is 7.37. The highest BCUT2D eigenvalue weighted by Gasteiger charge is 2.33. The van der Waals surface area contributed by atoms with Gasteiger partial charge in [0.25, 0.3) is 0 Å². The SMILES string of the molecule is CCOC(O)c1c(-c2cccc(Cl)c2)c(CNCc2cc(OC)c(OC)c(OC)c2)n2c1-c1cc(OC)c(OC)cc1CC2. The van der Waals surface area contributed by atoms with Crippen LogP contribution in [0.5, 0.6) is 28.7 Å². The highest BCUT2D eigenvalue weighted by molar-refractivity contribution is 6.30.